The zero-order valence-electron chi connectivity index (χ0n) is 15.0. The predicted molar refractivity (Wildman–Crippen MR) is 93.1 cm³/mol. The topological polar surface area (TPSA) is 63.9 Å². The maximum absolute atomic E-state index is 10.7. The lowest BCUT2D eigenvalue weighted by Gasteiger charge is -2.46. The van der Waals surface area contributed by atoms with Gasteiger partial charge in [0.2, 0.25) is 0 Å². The van der Waals surface area contributed by atoms with Gasteiger partial charge in [-0.1, -0.05) is 26.0 Å². The summed E-state index contributed by atoms with van der Waals surface area (Å²) in [4.78, 5) is 2.30. The summed E-state index contributed by atoms with van der Waals surface area (Å²) in [5.74, 6) is 0.272. The normalized spacial score (nSPS) is 37.0. The Morgan fingerprint density at radius 3 is 2.83 bits per heavy atom. The highest BCUT2D eigenvalue weighted by atomic mass is 16.3. The van der Waals surface area contributed by atoms with Gasteiger partial charge < -0.3 is 15.3 Å². The molecule has 2 aliphatic heterocycles. The average Bonchev–Trinajstić information content (AvgIpc) is 2.98. The Labute approximate surface area is 140 Å². The lowest BCUT2D eigenvalue weighted by molar-refractivity contribution is -0.110. The van der Waals surface area contributed by atoms with Gasteiger partial charge in [0.15, 0.2) is 0 Å². The maximum atomic E-state index is 10.7. The van der Waals surface area contributed by atoms with Crippen molar-refractivity contribution >= 4 is 0 Å². The molecule has 0 saturated carbocycles. The van der Waals surface area contributed by atoms with Gasteiger partial charge in [-0.25, -0.2) is 0 Å². The summed E-state index contributed by atoms with van der Waals surface area (Å²) in [7, 11) is 0. The molecule has 0 spiro atoms. The molecule has 132 valence electrons. The van der Waals surface area contributed by atoms with Gasteiger partial charge in [0.05, 0.1) is 6.10 Å². The molecule has 4 heteroatoms. The third-order valence-electron chi connectivity index (χ3n) is 5.55. The number of allylic oxidation sites excluding steroid dienone is 2. The Morgan fingerprint density at radius 1 is 1.48 bits per heavy atom. The first kappa shape index (κ1) is 18.7. The summed E-state index contributed by atoms with van der Waals surface area (Å²) in [6.07, 6.45) is 6.67. The Morgan fingerprint density at radius 2 is 2.17 bits per heavy atom. The summed E-state index contributed by atoms with van der Waals surface area (Å²) in [5.41, 5.74) is 0.876. The molecule has 0 aromatic rings. The number of aliphatic hydroxyl groups excluding tert-OH is 2. The number of hydrogen-bond acceptors (Lipinski definition) is 4. The number of piperidine rings is 1. The second-order valence-electron chi connectivity index (χ2n) is 7.58. The average molecular weight is 323 g/mol. The van der Waals surface area contributed by atoms with Gasteiger partial charge in [-0.05, 0) is 63.1 Å². The Balaban J connectivity index is 2.06. The van der Waals surface area contributed by atoms with Gasteiger partial charge in [0, 0.05) is 12.6 Å². The van der Waals surface area contributed by atoms with Crippen molar-refractivity contribution in [2.75, 3.05) is 13.1 Å². The van der Waals surface area contributed by atoms with E-state index in [9.17, 15) is 15.3 Å². The highest BCUT2D eigenvalue weighted by Gasteiger charge is 2.49. The zero-order chi connectivity index (χ0) is 17.2. The van der Waals surface area contributed by atoms with Crippen molar-refractivity contribution in [2.24, 2.45) is 5.92 Å². The maximum Gasteiger partial charge on any atom is 0.107 e. The first-order valence-electron chi connectivity index (χ1n) is 8.97. The molecule has 0 aromatic heterocycles. The van der Waals surface area contributed by atoms with Crippen molar-refractivity contribution in [1.29, 1.82) is 0 Å². The molecule has 3 N–H and O–H groups in total. The van der Waals surface area contributed by atoms with E-state index in [1.807, 2.05) is 13.8 Å². The molecular weight excluding hydrogens is 290 g/mol. The molecule has 2 saturated heterocycles. The minimum atomic E-state index is -1.07. The third-order valence-corrected chi connectivity index (χ3v) is 5.55. The SMILES string of the molecule is CCC(O)/C(C)=C/CC(C)/C=C1\CN2CCCC2C(C)(O)C1O. The van der Waals surface area contributed by atoms with E-state index >= 15 is 0 Å². The van der Waals surface area contributed by atoms with Crippen molar-refractivity contribution in [2.45, 2.75) is 77.2 Å². The molecule has 2 heterocycles. The number of aliphatic hydroxyl groups is 3. The van der Waals surface area contributed by atoms with Crippen LogP contribution in [-0.4, -0.2) is 57.2 Å². The van der Waals surface area contributed by atoms with Crippen molar-refractivity contribution in [3.8, 4) is 0 Å². The van der Waals surface area contributed by atoms with Crippen LogP contribution in [0.4, 0.5) is 0 Å². The van der Waals surface area contributed by atoms with Crippen LogP contribution in [0.15, 0.2) is 23.3 Å². The van der Waals surface area contributed by atoms with Crippen LogP contribution >= 0.6 is 0 Å². The van der Waals surface area contributed by atoms with Crippen molar-refractivity contribution in [3.63, 3.8) is 0 Å². The zero-order valence-corrected chi connectivity index (χ0v) is 15.0. The molecule has 2 fully saturated rings. The molecule has 23 heavy (non-hydrogen) atoms. The fourth-order valence-electron chi connectivity index (χ4n) is 3.96. The van der Waals surface area contributed by atoms with E-state index in [0.29, 0.717) is 0 Å². The summed E-state index contributed by atoms with van der Waals surface area (Å²) in [5, 5.41) is 31.1. The summed E-state index contributed by atoms with van der Waals surface area (Å²) in [6, 6.07) is 0.0757. The van der Waals surface area contributed by atoms with Gasteiger partial charge in [-0.2, -0.15) is 0 Å². The van der Waals surface area contributed by atoms with Crippen LogP contribution in [0.25, 0.3) is 0 Å². The minimum absolute atomic E-state index is 0.0757. The van der Waals surface area contributed by atoms with Gasteiger partial charge in [-0.3, -0.25) is 4.90 Å². The first-order chi connectivity index (χ1) is 10.8. The quantitative estimate of drug-likeness (QED) is 0.679. The second-order valence-corrected chi connectivity index (χ2v) is 7.58. The van der Waals surface area contributed by atoms with E-state index in [1.54, 1.807) is 6.92 Å². The predicted octanol–water partition coefficient (Wildman–Crippen LogP) is 2.25. The highest BCUT2D eigenvalue weighted by molar-refractivity contribution is 5.24. The molecule has 0 bridgehead atoms. The van der Waals surface area contributed by atoms with E-state index in [4.69, 9.17) is 0 Å². The number of rotatable bonds is 5. The number of fused-ring (bicyclic) bond motifs is 1. The third kappa shape index (κ3) is 4.05. The van der Waals surface area contributed by atoms with Crippen LogP contribution < -0.4 is 0 Å². The van der Waals surface area contributed by atoms with Crippen LogP contribution in [-0.2, 0) is 0 Å². The van der Waals surface area contributed by atoms with Gasteiger partial charge in [0.25, 0.3) is 0 Å². The van der Waals surface area contributed by atoms with E-state index in [1.165, 1.54) is 0 Å². The Bertz CT molecular complexity index is 469. The molecule has 2 aliphatic rings. The van der Waals surface area contributed by atoms with Gasteiger partial charge >= 0.3 is 0 Å². The van der Waals surface area contributed by atoms with Crippen LogP contribution in [0, 0.1) is 5.92 Å². The second kappa shape index (κ2) is 7.47. The molecule has 2 rings (SSSR count). The molecule has 0 aromatic carbocycles. The largest absolute Gasteiger partial charge is 0.389 e. The van der Waals surface area contributed by atoms with Crippen LogP contribution in [0.1, 0.15) is 53.4 Å². The van der Waals surface area contributed by atoms with E-state index in [2.05, 4.69) is 24.0 Å². The summed E-state index contributed by atoms with van der Waals surface area (Å²) >= 11 is 0. The standard InChI is InChI=1S/C19H33NO3/c1-5-16(21)14(3)9-8-13(2)11-15-12-20-10-6-7-17(20)19(4,23)18(15)22/h9,11,13,16-18,21-23H,5-8,10,12H2,1-4H3/b14-9+,15-11+. The fourth-order valence-corrected chi connectivity index (χ4v) is 3.96. The molecule has 4 nitrogen and oxygen atoms in total. The van der Waals surface area contributed by atoms with Crippen molar-refractivity contribution in [1.82, 2.24) is 4.90 Å². The van der Waals surface area contributed by atoms with Gasteiger partial charge in [-0.15, -0.1) is 0 Å². The summed E-state index contributed by atoms with van der Waals surface area (Å²) < 4.78 is 0. The first-order valence-corrected chi connectivity index (χ1v) is 8.97. The molecule has 0 aliphatic carbocycles. The number of hydrogen-bond donors (Lipinski definition) is 3. The van der Waals surface area contributed by atoms with Crippen LogP contribution in [0.5, 0.6) is 0 Å². The Kier molecular flexibility index (Phi) is 6.06. The molecule has 0 radical (unpaired) electrons. The molecule has 0 amide bonds. The monoisotopic (exact) mass is 323 g/mol. The van der Waals surface area contributed by atoms with Crippen LogP contribution in [0.3, 0.4) is 0 Å². The molecule has 5 atom stereocenters. The lowest BCUT2D eigenvalue weighted by Crippen LogP contribution is -2.61. The Hall–Kier alpha value is -0.680. The lowest BCUT2D eigenvalue weighted by atomic mass is 9.80. The van der Waals surface area contributed by atoms with Gasteiger partial charge in [0.1, 0.15) is 11.7 Å². The van der Waals surface area contributed by atoms with E-state index in [-0.39, 0.29) is 18.1 Å². The number of nitrogens with zero attached hydrogens (tertiary/aromatic N) is 1. The van der Waals surface area contributed by atoms with E-state index in [0.717, 1.165) is 49.9 Å². The smallest absolute Gasteiger partial charge is 0.107 e. The van der Waals surface area contributed by atoms with Crippen molar-refractivity contribution < 1.29 is 15.3 Å². The van der Waals surface area contributed by atoms with Crippen LogP contribution in [0.2, 0.25) is 0 Å². The van der Waals surface area contributed by atoms with Crippen molar-refractivity contribution in [3.05, 3.63) is 23.3 Å². The highest BCUT2D eigenvalue weighted by Crippen LogP contribution is 2.37. The minimum Gasteiger partial charge on any atom is -0.389 e. The fraction of sp³-hybridized carbons (Fsp3) is 0.789. The summed E-state index contributed by atoms with van der Waals surface area (Å²) in [6.45, 7) is 9.57. The molecule has 5 unspecified atom stereocenters. The molecular formula is C19H33NO3. The van der Waals surface area contributed by atoms with E-state index < -0.39 is 11.7 Å².